The van der Waals surface area contributed by atoms with Crippen LogP contribution in [-0.4, -0.2) is 16.1 Å². The van der Waals surface area contributed by atoms with Gasteiger partial charge >= 0.3 is 5.69 Å². The number of aromatic amines is 1. The van der Waals surface area contributed by atoms with Gasteiger partial charge in [0.25, 0.3) is 5.56 Å². The third kappa shape index (κ3) is 3.38. The van der Waals surface area contributed by atoms with Crippen LogP contribution in [0.2, 0.25) is 0 Å². The van der Waals surface area contributed by atoms with Gasteiger partial charge in [-0.15, -0.1) is 0 Å². The van der Waals surface area contributed by atoms with Gasteiger partial charge in [-0.25, -0.2) is 4.79 Å². The van der Waals surface area contributed by atoms with Crippen molar-refractivity contribution in [3.8, 4) is 0 Å². The molecule has 0 amide bonds. The van der Waals surface area contributed by atoms with Crippen LogP contribution in [0.3, 0.4) is 0 Å². The standard InChI is InChI=1S/C14H15FN4O2/c1-9(10-4-2-3-5-12(10)16)17-6-7-19-8-11(15)13(20)18-14(19)21/h2-5,8,17H,1,6-7,16H2,(H,18,20,21). The highest BCUT2D eigenvalue weighted by atomic mass is 19.1. The van der Waals surface area contributed by atoms with E-state index in [1.54, 1.807) is 6.07 Å². The lowest BCUT2D eigenvalue weighted by molar-refractivity contribution is 0.546. The summed E-state index contributed by atoms with van der Waals surface area (Å²) in [5.74, 6) is -0.999. The highest BCUT2D eigenvalue weighted by molar-refractivity contribution is 5.72. The van der Waals surface area contributed by atoms with Gasteiger partial charge in [-0.05, 0) is 6.07 Å². The van der Waals surface area contributed by atoms with Crippen LogP contribution >= 0.6 is 0 Å². The Kier molecular flexibility index (Phi) is 4.22. The van der Waals surface area contributed by atoms with Gasteiger partial charge in [0, 0.05) is 30.0 Å². The summed E-state index contributed by atoms with van der Waals surface area (Å²) in [5.41, 5.74) is 6.09. The number of aromatic nitrogens is 2. The third-order valence-electron chi connectivity index (χ3n) is 2.94. The molecule has 2 rings (SSSR count). The molecule has 1 heterocycles. The van der Waals surface area contributed by atoms with E-state index in [0.29, 0.717) is 17.9 Å². The summed E-state index contributed by atoms with van der Waals surface area (Å²) in [6, 6.07) is 7.22. The van der Waals surface area contributed by atoms with Crippen molar-refractivity contribution in [3.63, 3.8) is 0 Å². The summed E-state index contributed by atoms with van der Waals surface area (Å²) in [7, 11) is 0. The Hall–Kier alpha value is -2.83. The molecule has 0 spiro atoms. The molecule has 0 saturated heterocycles. The first-order valence-electron chi connectivity index (χ1n) is 6.26. The lowest BCUT2D eigenvalue weighted by atomic mass is 10.1. The molecule has 0 aliphatic carbocycles. The van der Waals surface area contributed by atoms with Gasteiger partial charge < -0.3 is 11.1 Å². The second-order valence-electron chi connectivity index (χ2n) is 4.42. The van der Waals surface area contributed by atoms with Crippen LogP contribution in [0, 0.1) is 5.82 Å². The van der Waals surface area contributed by atoms with Gasteiger partial charge in [-0.1, -0.05) is 24.8 Å². The molecule has 2 aromatic rings. The molecule has 1 aromatic heterocycles. The van der Waals surface area contributed by atoms with Crippen LogP contribution in [0.4, 0.5) is 10.1 Å². The molecule has 110 valence electrons. The Labute approximate surface area is 119 Å². The zero-order valence-electron chi connectivity index (χ0n) is 11.2. The predicted octanol–water partition coefficient (Wildman–Crippen LogP) is 0.518. The van der Waals surface area contributed by atoms with Crippen molar-refractivity contribution in [3.05, 3.63) is 69.3 Å². The number of hydrogen-bond acceptors (Lipinski definition) is 4. The minimum absolute atomic E-state index is 0.179. The smallest absolute Gasteiger partial charge is 0.328 e. The number of para-hydroxylation sites is 1. The normalized spacial score (nSPS) is 10.3. The van der Waals surface area contributed by atoms with Crippen molar-refractivity contribution in [2.75, 3.05) is 12.3 Å². The van der Waals surface area contributed by atoms with Crippen molar-refractivity contribution in [2.24, 2.45) is 0 Å². The van der Waals surface area contributed by atoms with Crippen LogP contribution in [-0.2, 0) is 6.54 Å². The van der Waals surface area contributed by atoms with Crippen molar-refractivity contribution >= 4 is 11.4 Å². The lowest BCUT2D eigenvalue weighted by Crippen LogP contribution is -2.33. The maximum absolute atomic E-state index is 13.1. The Bertz CT molecular complexity index is 779. The molecule has 0 saturated carbocycles. The topological polar surface area (TPSA) is 92.9 Å². The van der Waals surface area contributed by atoms with Gasteiger partial charge in [-0.2, -0.15) is 4.39 Å². The fraction of sp³-hybridized carbons (Fsp3) is 0.143. The molecular formula is C14H15FN4O2. The maximum Gasteiger partial charge on any atom is 0.328 e. The number of nitrogens with two attached hydrogens (primary N) is 1. The summed E-state index contributed by atoms with van der Waals surface area (Å²) < 4.78 is 14.2. The number of halogens is 1. The van der Waals surface area contributed by atoms with Gasteiger partial charge in [-0.3, -0.25) is 14.3 Å². The van der Waals surface area contributed by atoms with Crippen LogP contribution in [0.5, 0.6) is 0 Å². The summed E-state index contributed by atoms with van der Waals surface area (Å²) in [6.45, 7) is 4.37. The number of H-pyrrole nitrogens is 1. The van der Waals surface area contributed by atoms with Gasteiger partial charge in [0.1, 0.15) is 0 Å². The first kappa shape index (κ1) is 14.6. The molecule has 0 aliphatic rings. The van der Waals surface area contributed by atoms with E-state index in [1.807, 2.05) is 23.2 Å². The van der Waals surface area contributed by atoms with E-state index in [1.165, 1.54) is 0 Å². The van der Waals surface area contributed by atoms with E-state index in [0.717, 1.165) is 16.3 Å². The van der Waals surface area contributed by atoms with Crippen LogP contribution in [0.15, 0.2) is 46.6 Å². The van der Waals surface area contributed by atoms with Gasteiger partial charge in [0.15, 0.2) is 0 Å². The average Bonchev–Trinajstić information content (AvgIpc) is 2.44. The van der Waals surface area contributed by atoms with E-state index in [4.69, 9.17) is 5.73 Å². The summed E-state index contributed by atoms with van der Waals surface area (Å²) in [6.07, 6.45) is 0.877. The molecule has 21 heavy (non-hydrogen) atoms. The Morgan fingerprint density at radius 3 is 2.81 bits per heavy atom. The fourth-order valence-electron chi connectivity index (χ4n) is 1.84. The van der Waals surface area contributed by atoms with E-state index in [-0.39, 0.29) is 6.54 Å². The minimum atomic E-state index is -1.02. The van der Waals surface area contributed by atoms with Crippen LogP contribution in [0.25, 0.3) is 5.70 Å². The molecule has 0 unspecified atom stereocenters. The highest BCUT2D eigenvalue weighted by Crippen LogP contribution is 2.16. The van der Waals surface area contributed by atoms with Crippen LogP contribution < -0.4 is 22.3 Å². The van der Waals surface area contributed by atoms with Crippen LogP contribution in [0.1, 0.15) is 5.56 Å². The molecular weight excluding hydrogens is 275 g/mol. The maximum atomic E-state index is 13.1. The highest BCUT2D eigenvalue weighted by Gasteiger charge is 2.05. The average molecular weight is 290 g/mol. The SMILES string of the molecule is C=C(NCCn1cc(F)c(=O)[nH]c1=O)c1ccccc1N. The lowest BCUT2D eigenvalue weighted by Gasteiger charge is -2.12. The second-order valence-corrected chi connectivity index (χ2v) is 4.42. The van der Waals surface area contributed by atoms with Gasteiger partial charge in [0.05, 0.1) is 6.20 Å². The zero-order chi connectivity index (χ0) is 15.4. The zero-order valence-corrected chi connectivity index (χ0v) is 11.2. The molecule has 6 nitrogen and oxygen atoms in total. The molecule has 1 aromatic carbocycles. The minimum Gasteiger partial charge on any atom is -0.398 e. The summed E-state index contributed by atoms with van der Waals surface area (Å²) in [4.78, 5) is 24.3. The molecule has 0 fully saturated rings. The van der Waals surface area contributed by atoms with E-state index >= 15 is 0 Å². The first-order valence-corrected chi connectivity index (χ1v) is 6.26. The number of nitrogens with one attached hydrogen (secondary N) is 2. The number of rotatable bonds is 5. The number of benzene rings is 1. The number of anilines is 1. The monoisotopic (exact) mass is 290 g/mol. The summed E-state index contributed by atoms with van der Waals surface area (Å²) >= 11 is 0. The van der Waals surface area contributed by atoms with E-state index in [2.05, 4.69) is 11.9 Å². The van der Waals surface area contributed by atoms with Crippen molar-refractivity contribution in [1.82, 2.24) is 14.9 Å². The van der Waals surface area contributed by atoms with Crippen molar-refractivity contribution in [1.29, 1.82) is 0 Å². The largest absolute Gasteiger partial charge is 0.398 e. The first-order chi connectivity index (χ1) is 9.99. The van der Waals surface area contributed by atoms with Crippen molar-refractivity contribution < 1.29 is 4.39 Å². The third-order valence-corrected chi connectivity index (χ3v) is 2.94. The molecule has 4 N–H and O–H groups in total. The predicted molar refractivity (Wildman–Crippen MR) is 79.2 cm³/mol. The Morgan fingerprint density at radius 2 is 2.10 bits per heavy atom. The van der Waals surface area contributed by atoms with E-state index in [9.17, 15) is 14.0 Å². The Morgan fingerprint density at radius 1 is 1.38 bits per heavy atom. The molecule has 7 heteroatoms. The molecule has 0 atom stereocenters. The van der Waals surface area contributed by atoms with Gasteiger partial charge in [0.2, 0.25) is 5.82 Å². The second kappa shape index (κ2) is 6.08. The van der Waals surface area contributed by atoms with Crippen molar-refractivity contribution in [2.45, 2.75) is 6.54 Å². The molecule has 0 bridgehead atoms. The van der Waals surface area contributed by atoms with E-state index < -0.39 is 17.1 Å². The molecule has 0 aliphatic heterocycles. The summed E-state index contributed by atoms with van der Waals surface area (Å²) in [5, 5.41) is 3.00. The number of nitrogen functional groups attached to an aromatic ring is 1. The number of hydrogen-bond donors (Lipinski definition) is 3. The Balaban J connectivity index is 2.01. The fourth-order valence-corrected chi connectivity index (χ4v) is 1.84. The number of nitrogens with zero attached hydrogens (tertiary/aromatic N) is 1. The quantitative estimate of drug-likeness (QED) is 0.700. The molecule has 0 radical (unpaired) electrons.